The van der Waals surface area contributed by atoms with Gasteiger partial charge in [-0.05, 0) is 31.4 Å². The Morgan fingerprint density at radius 1 is 1.23 bits per heavy atom. The van der Waals surface area contributed by atoms with Gasteiger partial charge in [-0.3, -0.25) is 9.69 Å². The quantitative estimate of drug-likeness (QED) is 0.818. The van der Waals surface area contributed by atoms with Crippen LogP contribution in [-0.4, -0.2) is 54.1 Å². The number of urea groups is 1. The van der Waals surface area contributed by atoms with Crippen LogP contribution in [0.3, 0.4) is 0 Å². The van der Waals surface area contributed by atoms with Gasteiger partial charge in [0.2, 0.25) is 0 Å². The van der Waals surface area contributed by atoms with Crippen LogP contribution in [0.5, 0.6) is 0 Å². The summed E-state index contributed by atoms with van der Waals surface area (Å²) in [5, 5.41) is 3.07. The van der Waals surface area contributed by atoms with E-state index in [0.717, 1.165) is 28.6 Å². The van der Waals surface area contributed by atoms with Crippen LogP contribution in [0, 0.1) is 0 Å². The average molecular weight is 420 g/mol. The second-order valence-electron chi connectivity index (χ2n) is 6.91. The van der Waals surface area contributed by atoms with E-state index < -0.39 is 6.04 Å². The van der Waals surface area contributed by atoms with Crippen LogP contribution in [0.4, 0.5) is 4.79 Å². The molecule has 1 atom stereocenters. The molecule has 0 bridgehead atoms. The van der Waals surface area contributed by atoms with Gasteiger partial charge < -0.3 is 15.0 Å². The van der Waals surface area contributed by atoms with Gasteiger partial charge in [-0.1, -0.05) is 34.1 Å². The van der Waals surface area contributed by atoms with Gasteiger partial charge in [-0.25, -0.2) is 4.79 Å². The summed E-state index contributed by atoms with van der Waals surface area (Å²) in [5.74, 6) is -0.0165. The Bertz CT molecular complexity index is 769. The maximum Gasteiger partial charge on any atom is 0.322 e. The Labute approximate surface area is 161 Å². The predicted octanol–water partition coefficient (Wildman–Crippen LogP) is 2.81. The molecular weight excluding hydrogens is 398 g/mol. The summed E-state index contributed by atoms with van der Waals surface area (Å²) in [5.41, 5.74) is 2.33. The highest BCUT2D eigenvalue weighted by Crippen LogP contribution is 2.39. The van der Waals surface area contributed by atoms with Crippen LogP contribution < -0.4 is 5.32 Å². The number of nitrogens with one attached hydrogen (secondary N) is 1. The number of hydrogen-bond acceptors (Lipinski definition) is 3. The molecule has 2 aliphatic heterocycles. The number of nitrogens with zero attached hydrogens (tertiary/aromatic N) is 2. The van der Waals surface area contributed by atoms with Crippen molar-refractivity contribution in [3.63, 3.8) is 0 Å². The first-order valence-electron chi connectivity index (χ1n) is 9.00. The molecule has 4 rings (SSSR count). The molecule has 138 valence electrons. The average Bonchev–Trinajstić information content (AvgIpc) is 3.47. The molecule has 0 spiro atoms. The van der Waals surface area contributed by atoms with Gasteiger partial charge in [-0.2, -0.15) is 0 Å². The van der Waals surface area contributed by atoms with Gasteiger partial charge in [0, 0.05) is 29.3 Å². The molecular formula is C19H22BrN3O3. The van der Waals surface area contributed by atoms with Gasteiger partial charge in [-0.15, -0.1) is 0 Å². The number of carbonyl (C=O) groups excluding carboxylic acids is 2. The van der Waals surface area contributed by atoms with E-state index in [1.165, 1.54) is 0 Å². The van der Waals surface area contributed by atoms with Crippen molar-refractivity contribution < 1.29 is 14.3 Å². The highest BCUT2D eigenvalue weighted by Gasteiger charge is 2.43. The fraction of sp³-hybridized carbons (Fsp3) is 0.474. The minimum atomic E-state index is -0.455. The summed E-state index contributed by atoms with van der Waals surface area (Å²) >= 11 is 3.57. The summed E-state index contributed by atoms with van der Waals surface area (Å²) in [6, 6.07) is 7.36. The fourth-order valence-electron chi connectivity index (χ4n) is 3.69. The normalized spacial score (nSPS) is 23.9. The molecule has 1 N–H and O–H groups in total. The van der Waals surface area contributed by atoms with Gasteiger partial charge >= 0.3 is 6.03 Å². The number of ether oxygens (including phenoxy) is 1. The Hall–Kier alpha value is -1.86. The van der Waals surface area contributed by atoms with Crippen LogP contribution in [0.1, 0.15) is 31.4 Å². The van der Waals surface area contributed by atoms with Crippen molar-refractivity contribution in [2.75, 3.05) is 26.3 Å². The van der Waals surface area contributed by atoms with Crippen molar-refractivity contribution in [2.45, 2.75) is 31.8 Å². The molecule has 7 heteroatoms. The lowest BCUT2D eigenvalue weighted by Crippen LogP contribution is -2.51. The van der Waals surface area contributed by atoms with E-state index in [4.69, 9.17) is 4.74 Å². The van der Waals surface area contributed by atoms with Crippen LogP contribution in [0.15, 0.2) is 40.0 Å². The molecule has 1 aliphatic carbocycles. The van der Waals surface area contributed by atoms with E-state index in [2.05, 4.69) is 21.2 Å². The van der Waals surface area contributed by atoms with E-state index >= 15 is 0 Å². The van der Waals surface area contributed by atoms with E-state index in [0.29, 0.717) is 31.9 Å². The Balaban J connectivity index is 1.77. The Morgan fingerprint density at radius 3 is 2.58 bits per heavy atom. The van der Waals surface area contributed by atoms with E-state index in [1.807, 2.05) is 36.1 Å². The first-order chi connectivity index (χ1) is 12.6. The third-order valence-corrected chi connectivity index (χ3v) is 5.91. The number of morpholine rings is 1. The number of halogens is 1. The molecule has 26 heavy (non-hydrogen) atoms. The summed E-state index contributed by atoms with van der Waals surface area (Å²) in [6.07, 6.45) is 1.98. The molecule has 0 radical (unpaired) electrons. The van der Waals surface area contributed by atoms with Crippen molar-refractivity contribution in [3.05, 3.63) is 45.6 Å². The minimum Gasteiger partial charge on any atom is -0.378 e. The number of hydrogen-bond donors (Lipinski definition) is 1. The maximum absolute atomic E-state index is 13.4. The van der Waals surface area contributed by atoms with Crippen molar-refractivity contribution in [2.24, 2.45) is 0 Å². The molecule has 6 nitrogen and oxygen atoms in total. The van der Waals surface area contributed by atoms with Crippen LogP contribution in [0.25, 0.3) is 0 Å². The molecule has 2 fully saturated rings. The van der Waals surface area contributed by atoms with Gasteiger partial charge in [0.25, 0.3) is 5.91 Å². The Kier molecular flexibility index (Phi) is 4.75. The number of rotatable bonds is 3. The zero-order valence-electron chi connectivity index (χ0n) is 14.7. The summed E-state index contributed by atoms with van der Waals surface area (Å²) in [4.78, 5) is 29.7. The molecule has 2 heterocycles. The number of allylic oxidation sites excluding steroid dienone is 1. The smallest absolute Gasteiger partial charge is 0.322 e. The molecule has 3 amide bonds. The largest absolute Gasteiger partial charge is 0.378 e. The van der Waals surface area contributed by atoms with Gasteiger partial charge in [0.05, 0.1) is 24.8 Å². The van der Waals surface area contributed by atoms with E-state index in [1.54, 1.807) is 4.90 Å². The van der Waals surface area contributed by atoms with Crippen LogP contribution in [0.2, 0.25) is 0 Å². The molecule has 3 aliphatic rings. The number of benzene rings is 1. The number of amides is 3. The van der Waals surface area contributed by atoms with Gasteiger partial charge in [0.1, 0.15) is 0 Å². The molecule has 1 aromatic carbocycles. The van der Waals surface area contributed by atoms with Crippen molar-refractivity contribution in [1.29, 1.82) is 0 Å². The van der Waals surface area contributed by atoms with Crippen molar-refractivity contribution in [3.8, 4) is 0 Å². The van der Waals surface area contributed by atoms with Crippen LogP contribution >= 0.6 is 15.9 Å². The minimum absolute atomic E-state index is 0.0165. The third-order valence-electron chi connectivity index (χ3n) is 5.18. The van der Waals surface area contributed by atoms with E-state index in [-0.39, 0.29) is 18.0 Å². The van der Waals surface area contributed by atoms with E-state index in [9.17, 15) is 9.59 Å². The predicted molar refractivity (Wildman–Crippen MR) is 100 cm³/mol. The lowest BCUT2D eigenvalue weighted by molar-refractivity contribution is -0.131. The highest BCUT2D eigenvalue weighted by atomic mass is 79.9. The SMILES string of the molecule is CC1=C(C(=O)N2CCOCC2)[C@H](c2ccccc2Br)NC(=O)N1C1CC1. The highest BCUT2D eigenvalue weighted by molar-refractivity contribution is 9.10. The summed E-state index contributed by atoms with van der Waals surface area (Å²) < 4.78 is 6.26. The lowest BCUT2D eigenvalue weighted by atomic mass is 9.93. The summed E-state index contributed by atoms with van der Waals surface area (Å²) in [6.45, 7) is 4.16. The fourth-order valence-corrected chi connectivity index (χ4v) is 4.20. The zero-order chi connectivity index (χ0) is 18.3. The lowest BCUT2D eigenvalue weighted by Gasteiger charge is -2.38. The standard InChI is InChI=1S/C19H22BrN3O3/c1-12-16(18(24)22-8-10-26-11-9-22)17(14-4-2-3-5-15(14)20)21-19(25)23(12)13-6-7-13/h2-5,13,17H,6-11H2,1H3,(H,21,25)/t17-/m0/s1. The molecule has 1 saturated heterocycles. The third kappa shape index (κ3) is 3.14. The first kappa shape index (κ1) is 17.5. The van der Waals surface area contributed by atoms with Crippen molar-refractivity contribution >= 4 is 27.9 Å². The zero-order valence-corrected chi connectivity index (χ0v) is 16.3. The first-order valence-corrected chi connectivity index (χ1v) is 9.79. The van der Waals surface area contributed by atoms with Crippen LogP contribution in [-0.2, 0) is 9.53 Å². The molecule has 1 aromatic rings. The topological polar surface area (TPSA) is 61.9 Å². The van der Waals surface area contributed by atoms with Gasteiger partial charge in [0.15, 0.2) is 0 Å². The maximum atomic E-state index is 13.4. The molecule has 0 aromatic heterocycles. The summed E-state index contributed by atoms with van der Waals surface area (Å²) in [7, 11) is 0. The second-order valence-corrected chi connectivity index (χ2v) is 7.76. The van der Waals surface area contributed by atoms with Crippen molar-refractivity contribution in [1.82, 2.24) is 15.1 Å². The molecule has 1 saturated carbocycles. The second kappa shape index (κ2) is 7.04. The number of carbonyl (C=O) groups is 2. The monoisotopic (exact) mass is 419 g/mol. The Morgan fingerprint density at radius 2 is 1.92 bits per heavy atom. The molecule has 0 unspecified atom stereocenters.